The zero-order chi connectivity index (χ0) is 20.4. The summed E-state index contributed by atoms with van der Waals surface area (Å²) in [5.41, 5.74) is 10.8. The minimum absolute atomic E-state index is 0.0226. The summed E-state index contributed by atoms with van der Waals surface area (Å²) >= 11 is 0. The topological polar surface area (TPSA) is 100 Å². The molecule has 0 bridgehead atoms. The van der Waals surface area contributed by atoms with Crippen LogP contribution in [0.25, 0.3) is 10.9 Å². The molecule has 0 aliphatic carbocycles. The molecule has 0 spiro atoms. The fraction of sp³-hybridized carbons (Fsp3) is 0.400. The molecule has 1 fully saturated rings. The predicted octanol–water partition coefficient (Wildman–Crippen LogP) is 2.06. The van der Waals surface area contributed by atoms with E-state index < -0.39 is 17.7 Å². The Bertz CT molecular complexity index is 1000. The summed E-state index contributed by atoms with van der Waals surface area (Å²) in [5.74, 6) is 2.36. The van der Waals surface area contributed by atoms with Crippen LogP contribution in [-0.2, 0) is 9.63 Å². The van der Waals surface area contributed by atoms with E-state index >= 15 is 4.39 Å². The van der Waals surface area contributed by atoms with Gasteiger partial charge >= 0.3 is 5.97 Å². The zero-order valence-electron chi connectivity index (χ0n) is 16.1. The zero-order valence-corrected chi connectivity index (χ0v) is 16.1. The van der Waals surface area contributed by atoms with Crippen molar-refractivity contribution in [3.63, 3.8) is 0 Å². The average molecular weight is 386 g/mol. The number of aromatic nitrogens is 1. The van der Waals surface area contributed by atoms with Gasteiger partial charge in [-0.2, -0.15) is 5.48 Å². The predicted molar refractivity (Wildman–Crippen MR) is 104 cm³/mol. The molecule has 0 unspecified atom stereocenters. The number of fused-ring (bicyclic) bond motifs is 1. The summed E-state index contributed by atoms with van der Waals surface area (Å²) in [7, 11) is 0. The fourth-order valence-electron chi connectivity index (χ4n) is 3.58. The van der Waals surface area contributed by atoms with Gasteiger partial charge < -0.3 is 20.5 Å². The number of hydroxylamine groups is 1. The van der Waals surface area contributed by atoms with Crippen LogP contribution < -0.4 is 16.1 Å². The van der Waals surface area contributed by atoms with E-state index in [1.54, 1.807) is 0 Å². The number of amides is 1. The van der Waals surface area contributed by atoms with Gasteiger partial charge in [-0.05, 0) is 45.2 Å². The number of halogens is 1. The van der Waals surface area contributed by atoms with Gasteiger partial charge in [0, 0.05) is 36.1 Å². The van der Waals surface area contributed by atoms with Gasteiger partial charge in [0.2, 0.25) is 0 Å². The molecule has 1 aromatic carbocycles. The van der Waals surface area contributed by atoms with Crippen LogP contribution in [0.5, 0.6) is 0 Å². The van der Waals surface area contributed by atoms with E-state index in [0.29, 0.717) is 29.7 Å². The molecule has 1 aliphatic heterocycles. The maximum atomic E-state index is 15.2. The molecule has 7 nitrogen and oxygen atoms in total. The minimum atomic E-state index is -0.898. The Morgan fingerprint density at radius 2 is 2.18 bits per heavy atom. The van der Waals surface area contributed by atoms with Gasteiger partial charge in [0.1, 0.15) is 5.82 Å². The van der Waals surface area contributed by atoms with Crippen molar-refractivity contribution in [1.29, 1.82) is 0 Å². The molecule has 1 atom stereocenters. The van der Waals surface area contributed by atoms with E-state index in [0.717, 1.165) is 30.2 Å². The highest BCUT2D eigenvalue weighted by atomic mass is 19.1. The van der Waals surface area contributed by atoms with Crippen molar-refractivity contribution in [2.75, 3.05) is 18.0 Å². The molecule has 0 saturated carbocycles. The fourth-order valence-corrected chi connectivity index (χ4v) is 3.58. The van der Waals surface area contributed by atoms with Crippen LogP contribution in [0.4, 0.5) is 10.1 Å². The molecule has 1 aliphatic rings. The van der Waals surface area contributed by atoms with Crippen LogP contribution in [0.3, 0.4) is 0 Å². The minimum Gasteiger partial charge on any atom is -0.367 e. The Labute approximate surface area is 162 Å². The second-order valence-electron chi connectivity index (χ2n) is 6.92. The third kappa shape index (κ3) is 3.66. The highest BCUT2D eigenvalue weighted by Crippen LogP contribution is 2.37. The first-order chi connectivity index (χ1) is 13.3. The number of carbonyl (C=O) groups is 2. The van der Waals surface area contributed by atoms with Gasteiger partial charge in [0.05, 0.1) is 16.8 Å². The Balaban J connectivity index is 2.05. The first-order valence-corrected chi connectivity index (χ1v) is 9.09. The third-order valence-electron chi connectivity index (χ3n) is 4.99. The highest BCUT2D eigenvalue weighted by molar-refractivity contribution is 6.10. The number of benzene rings is 1. The average Bonchev–Trinajstić information content (AvgIpc) is 2.94. The molecule has 0 radical (unpaired) electrons. The van der Waals surface area contributed by atoms with Crippen molar-refractivity contribution < 1.29 is 18.8 Å². The molecule has 8 heteroatoms. The van der Waals surface area contributed by atoms with Crippen molar-refractivity contribution in [3.8, 4) is 11.8 Å². The molecule has 1 aromatic heterocycles. The highest BCUT2D eigenvalue weighted by Gasteiger charge is 2.27. The Kier molecular flexibility index (Phi) is 5.56. The lowest BCUT2D eigenvalue weighted by molar-refractivity contribution is -0.141. The van der Waals surface area contributed by atoms with Gasteiger partial charge in [0.25, 0.3) is 5.91 Å². The normalized spacial score (nSPS) is 16.5. The lowest BCUT2D eigenvalue weighted by Crippen LogP contribution is -2.43. The van der Waals surface area contributed by atoms with Crippen molar-refractivity contribution in [2.45, 2.75) is 39.7 Å². The van der Waals surface area contributed by atoms with E-state index in [-0.39, 0.29) is 11.6 Å². The summed E-state index contributed by atoms with van der Waals surface area (Å²) in [6.07, 6.45) is 1.78. The van der Waals surface area contributed by atoms with Crippen molar-refractivity contribution in [1.82, 2.24) is 10.5 Å². The first-order valence-electron chi connectivity index (χ1n) is 9.09. The van der Waals surface area contributed by atoms with Crippen LogP contribution in [0.2, 0.25) is 0 Å². The standard InChI is InChI=1S/C20H23FN4O3/c1-4-6-16(26)28-24-20(27)14-9-15(21)19(25-8-5-7-13(22)10-25)17-11(2)12(3)23-18(14)17/h9,13,23H,5,7-8,10,22H2,1-3H3,(H,24,27)/t13-/m0/s1. The number of carbonyl (C=O) groups excluding carboxylic acids is 2. The van der Waals surface area contributed by atoms with E-state index in [2.05, 4.69) is 21.7 Å². The second kappa shape index (κ2) is 7.90. The quantitative estimate of drug-likeness (QED) is 0.542. The number of H-pyrrole nitrogens is 1. The van der Waals surface area contributed by atoms with Gasteiger partial charge in [-0.25, -0.2) is 9.18 Å². The second-order valence-corrected chi connectivity index (χ2v) is 6.92. The number of aryl methyl sites for hydroxylation is 2. The molecular formula is C20H23FN4O3. The van der Waals surface area contributed by atoms with Crippen molar-refractivity contribution in [3.05, 3.63) is 28.7 Å². The number of hydrogen-bond acceptors (Lipinski definition) is 5. The number of hydrogen-bond donors (Lipinski definition) is 3. The first kappa shape index (κ1) is 19.7. The largest absolute Gasteiger partial charge is 0.408 e. The lowest BCUT2D eigenvalue weighted by atomic mass is 10.0. The summed E-state index contributed by atoms with van der Waals surface area (Å²) in [5, 5.41) is 0.636. The summed E-state index contributed by atoms with van der Waals surface area (Å²) in [6, 6.07) is 1.13. The van der Waals surface area contributed by atoms with E-state index in [1.165, 1.54) is 6.92 Å². The number of anilines is 1. The van der Waals surface area contributed by atoms with Crippen molar-refractivity contribution >= 4 is 28.5 Å². The molecule has 1 saturated heterocycles. The van der Waals surface area contributed by atoms with Crippen LogP contribution in [0, 0.1) is 31.5 Å². The summed E-state index contributed by atoms with van der Waals surface area (Å²) in [4.78, 5) is 33.6. The molecule has 28 heavy (non-hydrogen) atoms. The number of piperidine rings is 1. The summed E-state index contributed by atoms with van der Waals surface area (Å²) in [6.45, 7) is 6.45. The van der Waals surface area contributed by atoms with E-state index in [4.69, 9.17) is 5.73 Å². The van der Waals surface area contributed by atoms with Crippen LogP contribution in [0.1, 0.15) is 41.4 Å². The lowest BCUT2D eigenvalue weighted by Gasteiger charge is -2.33. The Morgan fingerprint density at radius 1 is 1.43 bits per heavy atom. The van der Waals surface area contributed by atoms with Gasteiger partial charge in [-0.15, -0.1) is 0 Å². The molecule has 1 amide bonds. The van der Waals surface area contributed by atoms with Gasteiger partial charge in [-0.1, -0.05) is 5.92 Å². The van der Waals surface area contributed by atoms with E-state index in [9.17, 15) is 9.59 Å². The summed E-state index contributed by atoms with van der Waals surface area (Å²) < 4.78 is 15.2. The maximum Gasteiger partial charge on any atom is 0.408 e. The van der Waals surface area contributed by atoms with Crippen molar-refractivity contribution in [2.24, 2.45) is 5.73 Å². The number of rotatable bonds is 2. The molecule has 2 heterocycles. The van der Waals surface area contributed by atoms with Crippen LogP contribution in [-0.4, -0.2) is 36.0 Å². The van der Waals surface area contributed by atoms with Gasteiger partial charge in [0.15, 0.2) is 0 Å². The Morgan fingerprint density at radius 3 is 2.86 bits per heavy atom. The molecule has 148 valence electrons. The Hall–Kier alpha value is -3.05. The van der Waals surface area contributed by atoms with Crippen LogP contribution >= 0.6 is 0 Å². The number of nitrogens with one attached hydrogen (secondary N) is 2. The molecule has 3 rings (SSSR count). The SMILES string of the molecule is CC#CC(=O)ONC(=O)c1cc(F)c(N2CCC[C@H](N)C2)c2c(C)c(C)[nH]c12. The van der Waals surface area contributed by atoms with Crippen LogP contribution in [0.15, 0.2) is 6.07 Å². The number of nitrogens with zero attached hydrogens (tertiary/aromatic N) is 1. The molecule has 2 aromatic rings. The third-order valence-corrected chi connectivity index (χ3v) is 4.99. The van der Waals surface area contributed by atoms with E-state index in [1.807, 2.05) is 24.2 Å². The maximum absolute atomic E-state index is 15.2. The smallest absolute Gasteiger partial charge is 0.367 e. The monoisotopic (exact) mass is 386 g/mol. The molecular weight excluding hydrogens is 363 g/mol. The number of aromatic amines is 1. The molecule has 4 N–H and O–H groups in total. The van der Waals surface area contributed by atoms with Gasteiger partial charge in [-0.3, -0.25) is 4.79 Å². The number of nitrogens with two attached hydrogens (primary N) is 1.